The van der Waals surface area contributed by atoms with Crippen LogP contribution in [0.5, 0.6) is 0 Å². The number of hydrogen-bond donors (Lipinski definition) is 2. The van der Waals surface area contributed by atoms with Gasteiger partial charge in [-0.25, -0.2) is 13.1 Å². The van der Waals surface area contributed by atoms with Gasteiger partial charge in [0.05, 0.1) is 5.02 Å². The van der Waals surface area contributed by atoms with Crippen LogP contribution in [0.4, 0.5) is 0 Å². The maximum Gasteiger partial charge on any atom is 0.270 e. The van der Waals surface area contributed by atoms with Crippen molar-refractivity contribution < 1.29 is 13.2 Å². The van der Waals surface area contributed by atoms with E-state index in [2.05, 4.69) is 4.98 Å². The van der Waals surface area contributed by atoms with Crippen LogP contribution in [0.3, 0.4) is 0 Å². The molecule has 0 saturated heterocycles. The van der Waals surface area contributed by atoms with E-state index in [9.17, 15) is 18.0 Å². The first kappa shape index (κ1) is 16.5. The number of sulfonamides is 1. The Morgan fingerprint density at radius 2 is 1.86 bits per heavy atom. The van der Waals surface area contributed by atoms with Gasteiger partial charge in [-0.3, -0.25) is 9.59 Å². The Morgan fingerprint density at radius 3 is 2.50 bits per heavy atom. The van der Waals surface area contributed by atoms with E-state index in [4.69, 9.17) is 23.2 Å². The van der Waals surface area contributed by atoms with Crippen molar-refractivity contribution in [3.05, 3.63) is 62.0 Å². The van der Waals surface area contributed by atoms with Gasteiger partial charge in [0.25, 0.3) is 21.5 Å². The third-order valence-corrected chi connectivity index (χ3v) is 4.76. The van der Waals surface area contributed by atoms with Crippen molar-refractivity contribution in [2.24, 2.45) is 0 Å². The van der Waals surface area contributed by atoms with E-state index in [1.807, 2.05) is 0 Å². The van der Waals surface area contributed by atoms with Crippen LogP contribution in [0.15, 0.2) is 40.0 Å². The predicted octanol–water partition coefficient (Wildman–Crippen LogP) is 2.11. The van der Waals surface area contributed by atoms with Crippen LogP contribution < -0.4 is 10.3 Å². The van der Waals surface area contributed by atoms with E-state index in [1.165, 1.54) is 24.3 Å². The zero-order valence-corrected chi connectivity index (χ0v) is 13.5. The molecule has 1 aromatic carbocycles. The molecule has 1 amide bonds. The highest BCUT2D eigenvalue weighted by Crippen LogP contribution is 2.24. The molecule has 0 bridgehead atoms. The summed E-state index contributed by atoms with van der Waals surface area (Å²) in [4.78, 5) is 25.7. The maximum absolute atomic E-state index is 12.2. The van der Waals surface area contributed by atoms with Crippen LogP contribution in [0.2, 0.25) is 10.0 Å². The summed E-state index contributed by atoms with van der Waals surface area (Å²) in [6.07, 6.45) is 0. The topological polar surface area (TPSA) is 96.1 Å². The number of hydrogen-bond acceptors (Lipinski definition) is 4. The summed E-state index contributed by atoms with van der Waals surface area (Å²) in [5, 5.41) is 0.0490. The Bertz CT molecular complexity index is 906. The van der Waals surface area contributed by atoms with Gasteiger partial charge in [0.2, 0.25) is 0 Å². The molecular formula is C13H10Cl2N2O4S. The number of halogens is 2. The van der Waals surface area contributed by atoms with E-state index in [0.717, 1.165) is 6.07 Å². The number of pyridine rings is 1. The van der Waals surface area contributed by atoms with Crippen molar-refractivity contribution in [1.82, 2.24) is 9.71 Å². The molecule has 0 aliphatic rings. The second-order valence-electron chi connectivity index (χ2n) is 4.39. The largest absolute Gasteiger partial charge is 0.326 e. The molecule has 0 fully saturated rings. The number of benzene rings is 1. The second kappa shape index (κ2) is 6.12. The minimum atomic E-state index is -4.26. The number of carbonyl (C=O) groups is 1. The first-order chi connectivity index (χ1) is 10.2. The zero-order valence-electron chi connectivity index (χ0n) is 11.2. The monoisotopic (exact) mass is 360 g/mol. The van der Waals surface area contributed by atoms with Crippen molar-refractivity contribution in [2.45, 2.75) is 11.8 Å². The van der Waals surface area contributed by atoms with Gasteiger partial charge in [-0.1, -0.05) is 23.2 Å². The molecule has 2 N–H and O–H groups in total. The fourth-order valence-electron chi connectivity index (χ4n) is 1.67. The molecule has 0 saturated carbocycles. The molecule has 6 nitrogen and oxygen atoms in total. The van der Waals surface area contributed by atoms with Gasteiger partial charge in [0, 0.05) is 10.7 Å². The lowest BCUT2D eigenvalue weighted by atomic mass is 10.2. The van der Waals surface area contributed by atoms with Gasteiger partial charge in [-0.05, 0) is 37.3 Å². The lowest BCUT2D eigenvalue weighted by molar-refractivity contribution is 0.0980. The van der Waals surface area contributed by atoms with Gasteiger partial charge in [0.15, 0.2) is 0 Å². The normalized spacial score (nSPS) is 11.2. The first-order valence-corrected chi connectivity index (χ1v) is 8.17. The molecule has 0 aliphatic carbocycles. The third kappa shape index (κ3) is 3.49. The number of aromatic nitrogens is 1. The summed E-state index contributed by atoms with van der Waals surface area (Å²) < 4.78 is 26.1. The van der Waals surface area contributed by atoms with E-state index in [0.29, 0.717) is 5.69 Å². The van der Waals surface area contributed by atoms with Gasteiger partial charge in [0.1, 0.15) is 10.5 Å². The maximum atomic E-state index is 12.2. The first-order valence-electron chi connectivity index (χ1n) is 5.93. The Labute approximate surface area is 136 Å². The Kier molecular flexibility index (Phi) is 4.60. The summed E-state index contributed by atoms with van der Waals surface area (Å²) in [6.45, 7) is 1.63. The molecule has 1 heterocycles. The average Bonchev–Trinajstić information content (AvgIpc) is 2.40. The predicted molar refractivity (Wildman–Crippen MR) is 82.9 cm³/mol. The van der Waals surface area contributed by atoms with Gasteiger partial charge in [-0.2, -0.15) is 0 Å². The highest BCUT2D eigenvalue weighted by molar-refractivity contribution is 7.90. The van der Waals surface area contributed by atoms with Gasteiger partial charge < -0.3 is 4.98 Å². The van der Waals surface area contributed by atoms with Crippen LogP contribution >= 0.6 is 23.2 Å². The van der Waals surface area contributed by atoms with Crippen LogP contribution in [-0.2, 0) is 10.0 Å². The van der Waals surface area contributed by atoms with Crippen molar-refractivity contribution in [3.8, 4) is 0 Å². The quantitative estimate of drug-likeness (QED) is 0.875. The number of rotatable bonds is 3. The molecule has 9 heteroatoms. The zero-order chi connectivity index (χ0) is 16.5. The number of nitrogens with one attached hydrogen (secondary N) is 2. The summed E-state index contributed by atoms with van der Waals surface area (Å²) in [7, 11) is -4.26. The summed E-state index contributed by atoms with van der Waals surface area (Å²) in [6, 6.07) is 6.53. The molecule has 0 unspecified atom stereocenters. The summed E-state index contributed by atoms with van der Waals surface area (Å²) in [5.74, 6) is -1.06. The van der Waals surface area contributed by atoms with E-state index >= 15 is 0 Å². The molecule has 0 spiro atoms. The molecule has 0 radical (unpaired) electrons. The Morgan fingerprint density at radius 1 is 1.18 bits per heavy atom. The molecule has 22 heavy (non-hydrogen) atoms. The third-order valence-electron chi connectivity index (χ3n) is 2.71. The highest BCUT2D eigenvalue weighted by Gasteiger charge is 2.23. The number of carbonyl (C=O) groups excluding carboxylic acids is 1. The van der Waals surface area contributed by atoms with Crippen molar-refractivity contribution in [1.29, 1.82) is 0 Å². The van der Waals surface area contributed by atoms with Gasteiger partial charge in [-0.15, -0.1) is 0 Å². The molecule has 2 aromatic rings. The minimum Gasteiger partial charge on any atom is -0.326 e. The number of H-pyrrole nitrogens is 1. The second-order valence-corrected chi connectivity index (χ2v) is 6.89. The number of aromatic amines is 1. The Hall–Kier alpha value is -1.83. The standard InChI is InChI=1S/C13H10Cl2N2O4S/c1-7-2-4-9(12(18)16-7)13(19)17-22(20,21)11-6-8(14)3-5-10(11)15/h2-6H,1H3,(H,16,18)(H,17,19). The molecule has 0 atom stereocenters. The van der Waals surface area contributed by atoms with E-state index in [1.54, 1.807) is 11.6 Å². The fourth-order valence-corrected chi connectivity index (χ4v) is 3.40. The minimum absolute atomic E-state index is 0.0949. The fraction of sp³-hybridized carbons (Fsp3) is 0.0769. The van der Waals surface area contributed by atoms with Crippen molar-refractivity contribution in [2.75, 3.05) is 0 Å². The lowest BCUT2D eigenvalue weighted by Crippen LogP contribution is -2.34. The van der Waals surface area contributed by atoms with E-state index in [-0.39, 0.29) is 20.5 Å². The van der Waals surface area contributed by atoms with Crippen LogP contribution in [0.1, 0.15) is 16.1 Å². The average molecular weight is 361 g/mol. The highest BCUT2D eigenvalue weighted by atomic mass is 35.5. The van der Waals surface area contributed by atoms with Gasteiger partial charge >= 0.3 is 0 Å². The van der Waals surface area contributed by atoms with Crippen LogP contribution in [0.25, 0.3) is 0 Å². The van der Waals surface area contributed by atoms with Crippen molar-refractivity contribution >= 4 is 39.1 Å². The van der Waals surface area contributed by atoms with Crippen LogP contribution in [0, 0.1) is 6.92 Å². The lowest BCUT2D eigenvalue weighted by Gasteiger charge is -2.08. The summed E-state index contributed by atoms with van der Waals surface area (Å²) in [5.41, 5.74) is -0.473. The smallest absolute Gasteiger partial charge is 0.270 e. The SMILES string of the molecule is Cc1ccc(C(=O)NS(=O)(=O)c2cc(Cl)ccc2Cl)c(=O)[nH]1. The summed E-state index contributed by atoms with van der Waals surface area (Å²) >= 11 is 11.5. The molecule has 116 valence electrons. The molecular weight excluding hydrogens is 351 g/mol. The van der Waals surface area contributed by atoms with Crippen LogP contribution in [-0.4, -0.2) is 19.3 Å². The van der Waals surface area contributed by atoms with Crippen molar-refractivity contribution in [3.63, 3.8) is 0 Å². The molecule has 2 rings (SSSR count). The molecule has 0 aliphatic heterocycles. The van der Waals surface area contributed by atoms with E-state index < -0.39 is 21.5 Å². The Balaban J connectivity index is 2.38. The molecule has 1 aromatic heterocycles. The number of aryl methyl sites for hydroxylation is 1. The number of amides is 1.